The van der Waals surface area contributed by atoms with Crippen LogP contribution in [0.4, 0.5) is 14.5 Å². The van der Waals surface area contributed by atoms with E-state index < -0.39 is 17.5 Å². The number of hydrogen-bond acceptors (Lipinski definition) is 5. The number of nitrogens with zero attached hydrogens (tertiary/aromatic N) is 3. The Bertz CT molecular complexity index is 1010. The van der Waals surface area contributed by atoms with Crippen molar-refractivity contribution in [2.75, 3.05) is 24.8 Å². The van der Waals surface area contributed by atoms with Crippen molar-refractivity contribution in [2.45, 2.75) is 18.6 Å². The van der Waals surface area contributed by atoms with Crippen LogP contribution >= 0.6 is 11.8 Å². The molecule has 2 aromatic carbocycles. The Morgan fingerprint density at radius 1 is 1.21 bits per heavy atom. The molecule has 152 valence electrons. The van der Waals surface area contributed by atoms with Gasteiger partial charge in [0.2, 0.25) is 5.91 Å². The van der Waals surface area contributed by atoms with Crippen molar-refractivity contribution in [2.24, 2.45) is 0 Å². The third-order valence-electron chi connectivity index (χ3n) is 4.05. The van der Waals surface area contributed by atoms with Crippen LogP contribution in [0.2, 0.25) is 0 Å². The van der Waals surface area contributed by atoms with Gasteiger partial charge in [-0.15, -0.1) is 10.2 Å². The van der Waals surface area contributed by atoms with E-state index in [1.165, 1.54) is 17.8 Å². The number of aryl methyl sites for hydroxylation is 1. The maximum Gasteiger partial charge on any atom is 0.234 e. The van der Waals surface area contributed by atoms with Crippen LogP contribution in [0.5, 0.6) is 0 Å². The van der Waals surface area contributed by atoms with Crippen LogP contribution in [-0.4, -0.2) is 40.1 Å². The largest absolute Gasteiger partial charge is 0.383 e. The lowest BCUT2D eigenvalue weighted by atomic mass is 10.1. The van der Waals surface area contributed by atoms with Gasteiger partial charge in [0.1, 0.15) is 11.6 Å². The Morgan fingerprint density at radius 2 is 2.03 bits per heavy atom. The van der Waals surface area contributed by atoms with Crippen LogP contribution < -0.4 is 5.32 Å². The predicted octanol–water partition coefficient (Wildman–Crippen LogP) is 3.91. The monoisotopic (exact) mass is 418 g/mol. The molecular weight excluding hydrogens is 398 g/mol. The van der Waals surface area contributed by atoms with E-state index in [1.807, 2.05) is 35.8 Å². The Hall–Kier alpha value is -2.78. The topological polar surface area (TPSA) is 69.0 Å². The number of thioether (sulfide) groups is 1. The molecule has 1 aromatic heterocycles. The molecule has 1 N–H and O–H groups in total. The van der Waals surface area contributed by atoms with Gasteiger partial charge in [0.05, 0.1) is 24.6 Å². The highest BCUT2D eigenvalue weighted by Gasteiger charge is 2.16. The van der Waals surface area contributed by atoms with Crippen molar-refractivity contribution >= 4 is 23.4 Å². The van der Waals surface area contributed by atoms with Crippen molar-refractivity contribution in [3.8, 4) is 11.4 Å². The van der Waals surface area contributed by atoms with Crippen LogP contribution in [0.1, 0.15) is 5.56 Å². The minimum atomic E-state index is -0.826. The number of carbonyl (C=O) groups is 1. The highest BCUT2D eigenvalue weighted by atomic mass is 32.2. The summed E-state index contributed by atoms with van der Waals surface area (Å²) in [5.74, 6) is -1.29. The molecule has 3 rings (SSSR count). The number of nitrogens with one attached hydrogen (secondary N) is 1. The van der Waals surface area contributed by atoms with Crippen LogP contribution in [0.25, 0.3) is 11.4 Å². The number of benzene rings is 2. The Kier molecular flexibility index (Phi) is 6.95. The molecule has 0 unspecified atom stereocenters. The van der Waals surface area contributed by atoms with Gasteiger partial charge in [-0.05, 0) is 25.1 Å². The van der Waals surface area contributed by atoms with E-state index in [9.17, 15) is 13.6 Å². The molecule has 0 saturated carbocycles. The molecule has 0 atom stereocenters. The average Bonchev–Trinajstić information content (AvgIpc) is 3.09. The van der Waals surface area contributed by atoms with Crippen molar-refractivity contribution in [3.05, 3.63) is 59.7 Å². The quantitative estimate of drug-likeness (QED) is 0.562. The van der Waals surface area contributed by atoms with Crippen molar-refractivity contribution in [1.82, 2.24) is 14.8 Å². The first-order valence-electron chi connectivity index (χ1n) is 8.85. The molecule has 6 nitrogen and oxygen atoms in total. The van der Waals surface area contributed by atoms with Crippen molar-refractivity contribution in [3.63, 3.8) is 0 Å². The smallest absolute Gasteiger partial charge is 0.234 e. The number of carbonyl (C=O) groups excluding carboxylic acids is 1. The number of anilines is 1. The third-order valence-corrected chi connectivity index (χ3v) is 5.02. The minimum absolute atomic E-state index is 0.00422. The van der Waals surface area contributed by atoms with E-state index in [0.29, 0.717) is 24.1 Å². The van der Waals surface area contributed by atoms with Crippen molar-refractivity contribution in [1.29, 1.82) is 0 Å². The molecule has 29 heavy (non-hydrogen) atoms. The number of ether oxygens (including phenoxy) is 1. The molecule has 1 amide bonds. The lowest BCUT2D eigenvalue weighted by Crippen LogP contribution is -2.16. The first-order valence-corrected chi connectivity index (χ1v) is 9.83. The fraction of sp³-hybridized carbons (Fsp3) is 0.250. The number of methoxy groups -OCH3 is 1. The summed E-state index contributed by atoms with van der Waals surface area (Å²) in [5.41, 5.74) is 1.94. The third kappa shape index (κ3) is 5.39. The van der Waals surface area contributed by atoms with E-state index in [-0.39, 0.29) is 11.4 Å². The molecule has 9 heteroatoms. The zero-order valence-electron chi connectivity index (χ0n) is 16.0. The van der Waals surface area contributed by atoms with Gasteiger partial charge in [-0.25, -0.2) is 8.78 Å². The van der Waals surface area contributed by atoms with Gasteiger partial charge in [0, 0.05) is 18.7 Å². The van der Waals surface area contributed by atoms with Crippen LogP contribution in [0, 0.1) is 18.6 Å². The predicted molar refractivity (Wildman–Crippen MR) is 108 cm³/mol. The second-order valence-electron chi connectivity index (χ2n) is 6.28. The first kappa shape index (κ1) is 20.9. The fourth-order valence-electron chi connectivity index (χ4n) is 2.68. The van der Waals surface area contributed by atoms with E-state index in [4.69, 9.17) is 4.74 Å². The molecule has 0 aliphatic heterocycles. The SMILES string of the molecule is COCCn1c(SCC(=O)Nc2ccc(F)cc2F)nnc1-c1cccc(C)c1. The zero-order chi connectivity index (χ0) is 20.8. The summed E-state index contributed by atoms with van der Waals surface area (Å²) in [5, 5.41) is 11.5. The molecule has 0 saturated heterocycles. The normalized spacial score (nSPS) is 10.9. The first-order chi connectivity index (χ1) is 14.0. The molecule has 0 spiro atoms. The van der Waals surface area contributed by atoms with Crippen LogP contribution in [-0.2, 0) is 16.1 Å². The van der Waals surface area contributed by atoms with Gasteiger partial charge in [-0.2, -0.15) is 0 Å². The van der Waals surface area contributed by atoms with Gasteiger partial charge < -0.3 is 10.1 Å². The maximum absolute atomic E-state index is 13.7. The summed E-state index contributed by atoms with van der Waals surface area (Å²) < 4.78 is 33.7. The molecule has 0 bridgehead atoms. The molecule has 3 aromatic rings. The van der Waals surface area contributed by atoms with E-state index in [1.54, 1.807) is 7.11 Å². The summed E-state index contributed by atoms with van der Waals surface area (Å²) in [6.07, 6.45) is 0. The lowest BCUT2D eigenvalue weighted by Gasteiger charge is -2.10. The van der Waals surface area contributed by atoms with E-state index >= 15 is 0 Å². The highest BCUT2D eigenvalue weighted by molar-refractivity contribution is 7.99. The minimum Gasteiger partial charge on any atom is -0.383 e. The molecule has 0 aliphatic rings. The number of rotatable bonds is 8. The number of amides is 1. The lowest BCUT2D eigenvalue weighted by molar-refractivity contribution is -0.113. The fourth-order valence-corrected chi connectivity index (χ4v) is 3.45. The Morgan fingerprint density at radius 3 is 2.76 bits per heavy atom. The second kappa shape index (κ2) is 9.62. The van der Waals surface area contributed by atoms with Crippen molar-refractivity contribution < 1.29 is 18.3 Å². The number of hydrogen-bond donors (Lipinski definition) is 1. The second-order valence-corrected chi connectivity index (χ2v) is 7.22. The molecular formula is C20H20F2N4O2S. The van der Waals surface area contributed by atoms with E-state index in [2.05, 4.69) is 15.5 Å². The summed E-state index contributed by atoms with van der Waals surface area (Å²) in [6, 6.07) is 10.9. The van der Waals surface area contributed by atoms with E-state index in [0.717, 1.165) is 23.3 Å². The molecule has 0 radical (unpaired) electrons. The average molecular weight is 418 g/mol. The van der Waals surface area contributed by atoms with Gasteiger partial charge in [-0.1, -0.05) is 35.5 Å². The summed E-state index contributed by atoms with van der Waals surface area (Å²) in [4.78, 5) is 12.2. The van der Waals surface area contributed by atoms with Crippen LogP contribution in [0.15, 0.2) is 47.6 Å². The highest BCUT2D eigenvalue weighted by Crippen LogP contribution is 2.25. The number of aromatic nitrogens is 3. The Balaban J connectivity index is 1.73. The summed E-state index contributed by atoms with van der Waals surface area (Å²) in [7, 11) is 1.61. The van der Waals surface area contributed by atoms with Crippen LogP contribution in [0.3, 0.4) is 0 Å². The zero-order valence-corrected chi connectivity index (χ0v) is 16.8. The summed E-state index contributed by atoms with van der Waals surface area (Å²) >= 11 is 1.18. The van der Waals surface area contributed by atoms with Gasteiger partial charge >= 0.3 is 0 Å². The summed E-state index contributed by atoms with van der Waals surface area (Å²) in [6.45, 7) is 2.97. The Labute approximate surface area is 171 Å². The number of halogens is 2. The maximum atomic E-state index is 13.7. The van der Waals surface area contributed by atoms with Gasteiger partial charge in [0.25, 0.3) is 0 Å². The van der Waals surface area contributed by atoms with Gasteiger partial charge in [-0.3, -0.25) is 9.36 Å². The molecule has 1 heterocycles. The van der Waals surface area contributed by atoms with Gasteiger partial charge in [0.15, 0.2) is 11.0 Å². The molecule has 0 fully saturated rings. The standard InChI is InChI=1S/C20H20F2N4O2S/c1-13-4-3-5-14(10-13)19-24-25-20(26(19)8-9-28-2)29-12-18(27)23-17-7-6-15(21)11-16(17)22/h3-7,10-11H,8-9,12H2,1-2H3,(H,23,27). The molecule has 0 aliphatic carbocycles.